The monoisotopic (exact) mass is 593 g/mol. The third-order valence-electron chi connectivity index (χ3n) is 7.40. The van der Waals surface area contributed by atoms with Crippen LogP contribution in [0.5, 0.6) is 0 Å². The van der Waals surface area contributed by atoms with Crippen molar-refractivity contribution < 1.29 is 19.1 Å². The van der Waals surface area contributed by atoms with Gasteiger partial charge in [-0.2, -0.15) is 0 Å². The highest BCUT2D eigenvalue weighted by Crippen LogP contribution is 2.27. The van der Waals surface area contributed by atoms with Crippen molar-refractivity contribution in [2.45, 2.75) is 124 Å². The zero-order valence-electron chi connectivity index (χ0n) is 27.8. The minimum Gasteiger partial charge on any atom is -0.444 e. The number of ether oxygens (including phenoxy) is 1. The Morgan fingerprint density at radius 2 is 1.51 bits per heavy atom. The van der Waals surface area contributed by atoms with Crippen molar-refractivity contribution in [3.05, 3.63) is 65.2 Å². The number of carbonyl (C=O) groups is 3. The average molecular weight is 594 g/mol. The van der Waals surface area contributed by atoms with Crippen LogP contribution in [0, 0.1) is 12.8 Å². The van der Waals surface area contributed by atoms with Crippen molar-refractivity contribution in [3.8, 4) is 0 Å². The summed E-state index contributed by atoms with van der Waals surface area (Å²) in [6, 6.07) is 13.8. The van der Waals surface area contributed by atoms with E-state index in [4.69, 9.17) is 4.74 Å². The van der Waals surface area contributed by atoms with E-state index >= 15 is 0 Å². The van der Waals surface area contributed by atoms with Gasteiger partial charge in [-0.1, -0.05) is 102 Å². The van der Waals surface area contributed by atoms with Gasteiger partial charge in [0.05, 0.1) is 0 Å². The van der Waals surface area contributed by atoms with Crippen molar-refractivity contribution in [1.29, 1.82) is 0 Å². The smallest absolute Gasteiger partial charge is 0.408 e. The molecule has 2 rings (SSSR count). The molecule has 7 heteroatoms. The third kappa shape index (κ3) is 12.4. The number of hydrogen-bond acceptors (Lipinski definition) is 4. The van der Waals surface area contributed by atoms with E-state index in [-0.39, 0.29) is 17.7 Å². The van der Waals surface area contributed by atoms with Crippen molar-refractivity contribution in [1.82, 2.24) is 10.2 Å². The maximum Gasteiger partial charge on any atom is 0.408 e. The van der Waals surface area contributed by atoms with Gasteiger partial charge in [0.25, 0.3) is 5.91 Å². The van der Waals surface area contributed by atoms with E-state index in [1.165, 1.54) is 6.42 Å². The van der Waals surface area contributed by atoms with Gasteiger partial charge in [-0.05, 0) is 75.6 Å². The second-order valence-corrected chi connectivity index (χ2v) is 12.9. The molecule has 2 aromatic rings. The van der Waals surface area contributed by atoms with Crippen LogP contribution in [0.2, 0.25) is 0 Å². The number of para-hydroxylation sites is 1. The van der Waals surface area contributed by atoms with E-state index in [0.29, 0.717) is 18.7 Å². The highest BCUT2D eigenvalue weighted by molar-refractivity contribution is 5.99. The van der Waals surface area contributed by atoms with E-state index in [9.17, 15) is 14.4 Å². The normalized spacial score (nSPS) is 12.9. The largest absolute Gasteiger partial charge is 0.444 e. The van der Waals surface area contributed by atoms with Crippen molar-refractivity contribution >= 4 is 23.6 Å². The van der Waals surface area contributed by atoms with Gasteiger partial charge in [0, 0.05) is 12.2 Å². The maximum atomic E-state index is 14.5. The fraction of sp³-hybridized carbons (Fsp3) is 0.583. The SMILES string of the molecule is CCCCCCCCN(C(=O)C(CC(C)C)NC(=O)OC(C)(C)C)C(C(=O)Nc1ccccc1C)c1ccc(CC)cc1. The minimum atomic E-state index is -0.872. The fourth-order valence-corrected chi connectivity index (χ4v) is 5.09. The average Bonchev–Trinajstić information content (AvgIpc) is 2.93. The van der Waals surface area contributed by atoms with Crippen LogP contribution in [0.3, 0.4) is 0 Å². The van der Waals surface area contributed by atoms with Gasteiger partial charge in [0.1, 0.15) is 17.7 Å². The minimum absolute atomic E-state index is 0.128. The number of unbranched alkanes of at least 4 members (excludes halogenated alkanes) is 5. The number of nitrogens with zero attached hydrogens (tertiary/aromatic N) is 1. The summed E-state index contributed by atoms with van der Waals surface area (Å²) in [6.45, 7) is 16.0. The Morgan fingerprint density at radius 1 is 0.884 bits per heavy atom. The first-order valence-corrected chi connectivity index (χ1v) is 16.1. The Kier molecular flexibility index (Phi) is 14.7. The van der Waals surface area contributed by atoms with Crippen LogP contribution in [0.1, 0.15) is 116 Å². The predicted octanol–water partition coefficient (Wildman–Crippen LogP) is 8.37. The molecule has 0 aromatic heterocycles. The lowest BCUT2D eigenvalue weighted by Gasteiger charge is -2.35. The van der Waals surface area contributed by atoms with Gasteiger partial charge in [0.15, 0.2) is 0 Å². The topological polar surface area (TPSA) is 87.7 Å². The summed E-state index contributed by atoms with van der Waals surface area (Å²) < 4.78 is 5.53. The molecule has 2 atom stereocenters. The van der Waals surface area contributed by atoms with E-state index in [1.807, 2.05) is 69.3 Å². The van der Waals surface area contributed by atoms with Crippen molar-refractivity contribution in [3.63, 3.8) is 0 Å². The summed E-state index contributed by atoms with van der Waals surface area (Å²) in [4.78, 5) is 43.2. The van der Waals surface area contributed by atoms with E-state index < -0.39 is 23.8 Å². The molecule has 0 radical (unpaired) electrons. The van der Waals surface area contributed by atoms with E-state index in [0.717, 1.165) is 55.2 Å². The second kappa shape index (κ2) is 17.7. The molecule has 238 valence electrons. The number of carbonyl (C=O) groups excluding carboxylic acids is 3. The van der Waals surface area contributed by atoms with Crippen molar-refractivity contribution in [2.24, 2.45) is 5.92 Å². The summed E-state index contributed by atoms with van der Waals surface area (Å²) in [5.41, 5.74) is 2.84. The van der Waals surface area contributed by atoms with Crippen molar-refractivity contribution in [2.75, 3.05) is 11.9 Å². The van der Waals surface area contributed by atoms with Crippen LogP contribution >= 0.6 is 0 Å². The molecule has 0 saturated carbocycles. The zero-order valence-corrected chi connectivity index (χ0v) is 27.8. The molecule has 0 spiro atoms. The summed E-state index contributed by atoms with van der Waals surface area (Å²) in [6.07, 6.45) is 6.94. The lowest BCUT2D eigenvalue weighted by molar-refractivity contribution is -0.141. The first kappa shape index (κ1) is 35.8. The number of aryl methyl sites for hydroxylation is 2. The quantitative estimate of drug-likeness (QED) is 0.191. The molecular formula is C36H55N3O4. The molecule has 0 fully saturated rings. The molecular weight excluding hydrogens is 538 g/mol. The fourth-order valence-electron chi connectivity index (χ4n) is 5.09. The predicted molar refractivity (Wildman–Crippen MR) is 176 cm³/mol. The Bertz CT molecular complexity index is 1150. The molecule has 0 saturated heterocycles. The molecule has 0 aliphatic carbocycles. The molecule has 2 N–H and O–H groups in total. The van der Waals surface area contributed by atoms with Gasteiger partial charge in [-0.15, -0.1) is 0 Å². The molecule has 0 aliphatic heterocycles. The van der Waals surface area contributed by atoms with Crippen LogP contribution in [0.15, 0.2) is 48.5 Å². The van der Waals surface area contributed by atoms with Crippen LogP contribution in [0.4, 0.5) is 10.5 Å². The highest BCUT2D eigenvalue weighted by Gasteiger charge is 2.36. The Hall–Kier alpha value is -3.35. The molecule has 0 heterocycles. The van der Waals surface area contributed by atoms with Gasteiger partial charge in [-0.25, -0.2) is 4.79 Å². The molecule has 2 aromatic carbocycles. The van der Waals surface area contributed by atoms with Crippen LogP contribution < -0.4 is 10.6 Å². The summed E-state index contributed by atoms with van der Waals surface area (Å²) >= 11 is 0. The lowest BCUT2D eigenvalue weighted by atomic mass is 9.97. The number of nitrogens with one attached hydrogen (secondary N) is 2. The Labute approximate surface area is 260 Å². The number of benzene rings is 2. The molecule has 43 heavy (non-hydrogen) atoms. The number of amides is 3. The first-order chi connectivity index (χ1) is 20.4. The second-order valence-electron chi connectivity index (χ2n) is 12.9. The lowest BCUT2D eigenvalue weighted by Crippen LogP contribution is -2.53. The number of anilines is 1. The molecule has 0 bridgehead atoms. The highest BCUT2D eigenvalue weighted by atomic mass is 16.6. The number of rotatable bonds is 16. The summed E-state index contributed by atoms with van der Waals surface area (Å²) in [7, 11) is 0. The number of hydrogen-bond donors (Lipinski definition) is 2. The summed E-state index contributed by atoms with van der Waals surface area (Å²) in [5.74, 6) is -0.432. The van der Waals surface area contributed by atoms with E-state index in [1.54, 1.807) is 25.7 Å². The standard InChI is InChI=1S/C36H55N3O4/c1-9-11-12-13-14-17-24-39(34(41)31(25-26(3)4)38-35(42)43-36(6,7)8)32(29-22-20-28(10-2)21-23-29)33(40)37-30-19-16-15-18-27(30)5/h15-16,18-23,26,31-32H,9-14,17,24-25H2,1-8H3,(H,37,40)(H,38,42). The Balaban J connectivity index is 2.53. The molecule has 2 unspecified atom stereocenters. The van der Waals surface area contributed by atoms with Crippen LogP contribution in [-0.2, 0) is 20.7 Å². The number of alkyl carbamates (subject to hydrolysis) is 1. The molecule has 7 nitrogen and oxygen atoms in total. The molecule has 3 amide bonds. The van der Waals surface area contributed by atoms with Crippen LogP contribution in [-0.4, -0.2) is 41.0 Å². The van der Waals surface area contributed by atoms with Gasteiger partial charge in [0.2, 0.25) is 5.91 Å². The molecule has 0 aliphatic rings. The van der Waals surface area contributed by atoms with Gasteiger partial charge < -0.3 is 20.3 Å². The van der Waals surface area contributed by atoms with Gasteiger partial charge >= 0.3 is 6.09 Å². The third-order valence-corrected chi connectivity index (χ3v) is 7.40. The zero-order chi connectivity index (χ0) is 32.0. The maximum absolute atomic E-state index is 14.5. The Morgan fingerprint density at radius 3 is 2.09 bits per heavy atom. The van der Waals surface area contributed by atoms with E-state index in [2.05, 4.69) is 24.5 Å². The summed E-state index contributed by atoms with van der Waals surface area (Å²) in [5, 5.41) is 5.94. The van der Waals surface area contributed by atoms with Gasteiger partial charge in [-0.3, -0.25) is 9.59 Å². The van der Waals surface area contributed by atoms with Crippen LogP contribution in [0.25, 0.3) is 0 Å². The first-order valence-electron chi connectivity index (χ1n) is 16.1.